The molecule has 0 bridgehead atoms. The van der Waals surface area contributed by atoms with Gasteiger partial charge in [-0.05, 0) is 30.7 Å². The first-order chi connectivity index (χ1) is 10.7. The number of nitrogen functional groups attached to an aromatic ring is 1. The number of hydrogen-bond acceptors (Lipinski definition) is 5. The van der Waals surface area contributed by atoms with Crippen molar-refractivity contribution in [1.29, 1.82) is 0 Å². The maximum atomic E-state index is 12.3. The molecule has 0 aliphatic rings. The van der Waals surface area contributed by atoms with Crippen LogP contribution in [0.2, 0.25) is 0 Å². The van der Waals surface area contributed by atoms with Gasteiger partial charge in [0.05, 0.1) is 12.3 Å². The van der Waals surface area contributed by atoms with Crippen LogP contribution in [0.5, 0.6) is 0 Å². The van der Waals surface area contributed by atoms with Crippen LogP contribution in [0.25, 0.3) is 10.6 Å². The predicted octanol–water partition coefficient (Wildman–Crippen LogP) is 2.72. The van der Waals surface area contributed by atoms with Crippen LogP contribution in [0.3, 0.4) is 0 Å². The van der Waals surface area contributed by atoms with Crippen molar-refractivity contribution in [1.82, 2.24) is 10.3 Å². The molecule has 1 amide bonds. The van der Waals surface area contributed by atoms with E-state index in [-0.39, 0.29) is 5.91 Å². The third-order valence-electron chi connectivity index (χ3n) is 3.14. The lowest BCUT2D eigenvalue weighted by molar-refractivity contribution is 0.0940. The van der Waals surface area contributed by atoms with Crippen LogP contribution in [0.1, 0.15) is 28.7 Å². The molecule has 0 aliphatic carbocycles. The maximum Gasteiger partial charge on any atom is 0.263 e. The first kappa shape index (κ1) is 16.5. The SMILES string of the molecule is CCCc1nc(-c2ccc(N)cc2)sc1C(=O)NCCOC. The number of ether oxygens (including phenoxy) is 1. The predicted molar refractivity (Wildman–Crippen MR) is 90.2 cm³/mol. The van der Waals surface area contributed by atoms with Crippen molar-refractivity contribution in [2.24, 2.45) is 0 Å². The van der Waals surface area contributed by atoms with Crippen molar-refractivity contribution in [3.63, 3.8) is 0 Å². The Morgan fingerprint density at radius 2 is 2.09 bits per heavy atom. The van der Waals surface area contributed by atoms with E-state index >= 15 is 0 Å². The van der Waals surface area contributed by atoms with Gasteiger partial charge in [0.1, 0.15) is 9.88 Å². The van der Waals surface area contributed by atoms with Crippen molar-refractivity contribution >= 4 is 22.9 Å². The van der Waals surface area contributed by atoms with Gasteiger partial charge in [0, 0.05) is 24.9 Å². The zero-order valence-corrected chi connectivity index (χ0v) is 13.7. The second-order valence-electron chi connectivity index (χ2n) is 4.92. The fraction of sp³-hybridized carbons (Fsp3) is 0.375. The Morgan fingerprint density at radius 3 is 2.73 bits per heavy atom. The van der Waals surface area contributed by atoms with E-state index in [1.807, 2.05) is 24.3 Å². The normalized spacial score (nSPS) is 10.6. The Hall–Kier alpha value is -1.92. The van der Waals surface area contributed by atoms with Gasteiger partial charge in [-0.15, -0.1) is 11.3 Å². The van der Waals surface area contributed by atoms with Crippen LogP contribution in [0.4, 0.5) is 5.69 Å². The van der Waals surface area contributed by atoms with Crippen LogP contribution in [-0.4, -0.2) is 31.2 Å². The highest BCUT2D eigenvalue weighted by molar-refractivity contribution is 7.17. The molecule has 2 rings (SSSR count). The summed E-state index contributed by atoms with van der Waals surface area (Å²) in [6.45, 7) is 3.07. The van der Waals surface area contributed by atoms with Crippen molar-refractivity contribution in [3.8, 4) is 10.6 Å². The fourth-order valence-corrected chi connectivity index (χ4v) is 3.06. The Balaban J connectivity index is 2.24. The van der Waals surface area contributed by atoms with E-state index in [9.17, 15) is 4.79 Å². The number of benzene rings is 1. The quantitative estimate of drug-likeness (QED) is 0.607. The number of nitrogens with zero attached hydrogens (tertiary/aromatic N) is 1. The van der Waals surface area contributed by atoms with E-state index in [0.717, 1.165) is 29.1 Å². The molecule has 0 atom stereocenters. The van der Waals surface area contributed by atoms with Gasteiger partial charge in [0.25, 0.3) is 5.91 Å². The molecule has 3 N–H and O–H groups in total. The van der Waals surface area contributed by atoms with E-state index in [0.29, 0.717) is 23.7 Å². The zero-order chi connectivity index (χ0) is 15.9. The number of nitrogens with one attached hydrogen (secondary N) is 1. The van der Waals surface area contributed by atoms with Crippen molar-refractivity contribution < 1.29 is 9.53 Å². The lowest BCUT2D eigenvalue weighted by atomic mass is 10.2. The average molecular weight is 319 g/mol. The Morgan fingerprint density at radius 1 is 1.36 bits per heavy atom. The molecule has 118 valence electrons. The summed E-state index contributed by atoms with van der Waals surface area (Å²) in [5, 5.41) is 3.71. The van der Waals surface area contributed by atoms with Crippen LogP contribution in [-0.2, 0) is 11.2 Å². The van der Waals surface area contributed by atoms with Gasteiger partial charge in [-0.25, -0.2) is 4.98 Å². The molecule has 0 saturated carbocycles. The molecule has 0 unspecified atom stereocenters. The minimum absolute atomic E-state index is 0.0836. The lowest BCUT2D eigenvalue weighted by Gasteiger charge is -2.03. The third-order valence-corrected chi connectivity index (χ3v) is 4.29. The summed E-state index contributed by atoms with van der Waals surface area (Å²) >= 11 is 1.42. The Bertz CT molecular complexity index is 623. The molecule has 0 fully saturated rings. The molecule has 0 spiro atoms. The molecular weight excluding hydrogens is 298 g/mol. The van der Waals surface area contributed by atoms with Crippen LogP contribution < -0.4 is 11.1 Å². The summed E-state index contributed by atoms with van der Waals surface area (Å²) in [6, 6.07) is 7.54. The number of aromatic nitrogens is 1. The number of anilines is 1. The van der Waals surface area contributed by atoms with Crippen LogP contribution in [0.15, 0.2) is 24.3 Å². The van der Waals surface area contributed by atoms with Gasteiger partial charge in [-0.1, -0.05) is 13.3 Å². The van der Waals surface area contributed by atoms with Crippen LogP contribution >= 0.6 is 11.3 Å². The van der Waals surface area contributed by atoms with E-state index in [1.54, 1.807) is 7.11 Å². The average Bonchev–Trinajstić information content (AvgIpc) is 2.92. The van der Waals surface area contributed by atoms with E-state index in [2.05, 4.69) is 17.2 Å². The summed E-state index contributed by atoms with van der Waals surface area (Å²) in [7, 11) is 1.61. The fourth-order valence-electron chi connectivity index (χ4n) is 2.03. The van der Waals surface area contributed by atoms with E-state index < -0.39 is 0 Å². The minimum atomic E-state index is -0.0836. The van der Waals surface area contributed by atoms with Gasteiger partial charge < -0.3 is 15.8 Å². The molecule has 1 aromatic carbocycles. The number of carbonyl (C=O) groups excluding carboxylic acids is 1. The van der Waals surface area contributed by atoms with Gasteiger partial charge in [-0.2, -0.15) is 0 Å². The summed E-state index contributed by atoms with van der Waals surface area (Å²) in [5.74, 6) is -0.0836. The molecule has 0 radical (unpaired) electrons. The van der Waals surface area contributed by atoms with Crippen LogP contribution in [0, 0.1) is 0 Å². The second-order valence-corrected chi connectivity index (χ2v) is 5.91. The Labute approximate surface area is 134 Å². The monoisotopic (exact) mass is 319 g/mol. The number of aryl methyl sites for hydroxylation is 1. The molecule has 1 aromatic heterocycles. The molecule has 0 aliphatic heterocycles. The number of hydrogen-bond donors (Lipinski definition) is 2. The molecule has 1 heterocycles. The van der Waals surface area contributed by atoms with E-state index in [1.165, 1.54) is 11.3 Å². The first-order valence-corrected chi connectivity index (χ1v) is 8.10. The summed E-state index contributed by atoms with van der Waals surface area (Å²) in [4.78, 5) is 17.6. The molecule has 6 heteroatoms. The maximum absolute atomic E-state index is 12.3. The number of amides is 1. The highest BCUT2D eigenvalue weighted by Gasteiger charge is 2.18. The third kappa shape index (κ3) is 4.05. The highest BCUT2D eigenvalue weighted by atomic mass is 32.1. The van der Waals surface area contributed by atoms with Crippen molar-refractivity contribution in [2.75, 3.05) is 26.0 Å². The molecule has 2 aromatic rings. The summed E-state index contributed by atoms with van der Waals surface area (Å²) in [6.07, 6.45) is 1.74. The first-order valence-electron chi connectivity index (χ1n) is 7.28. The van der Waals surface area contributed by atoms with Gasteiger partial charge >= 0.3 is 0 Å². The number of methoxy groups -OCH3 is 1. The zero-order valence-electron chi connectivity index (χ0n) is 12.9. The number of carbonyl (C=O) groups is 1. The summed E-state index contributed by atoms with van der Waals surface area (Å²) < 4.78 is 4.95. The second kappa shape index (κ2) is 7.91. The molecular formula is C16H21N3O2S. The molecule has 22 heavy (non-hydrogen) atoms. The summed E-state index contributed by atoms with van der Waals surface area (Å²) in [5.41, 5.74) is 8.26. The lowest BCUT2D eigenvalue weighted by Crippen LogP contribution is -2.27. The van der Waals surface area contributed by atoms with Gasteiger partial charge in [0.15, 0.2) is 0 Å². The van der Waals surface area contributed by atoms with Crippen molar-refractivity contribution in [2.45, 2.75) is 19.8 Å². The number of thiazole rings is 1. The Kier molecular flexibility index (Phi) is 5.91. The molecule has 0 saturated heterocycles. The smallest absolute Gasteiger partial charge is 0.263 e. The van der Waals surface area contributed by atoms with Crippen molar-refractivity contribution in [3.05, 3.63) is 34.8 Å². The minimum Gasteiger partial charge on any atom is -0.399 e. The molecule has 5 nitrogen and oxygen atoms in total. The largest absolute Gasteiger partial charge is 0.399 e. The van der Waals surface area contributed by atoms with Gasteiger partial charge in [0.2, 0.25) is 0 Å². The topological polar surface area (TPSA) is 77.2 Å². The standard InChI is InChI=1S/C16H21N3O2S/c1-3-4-13-14(15(20)18-9-10-21-2)22-16(19-13)11-5-7-12(17)8-6-11/h5-8H,3-4,9-10,17H2,1-2H3,(H,18,20). The van der Waals surface area contributed by atoms with E-state index in [4.69, 9.17) is 10.5 Å². The number of nitrogens with two attached hydrogens (primary N) is 1. The number of rotatable bonds is 7. The van der Waals surface area contributed by atoms with Gasteiger partial charge in [-0.3, -0.25) is 4.79 Å². The highest BCUT2D eigenvalue weighted by Crippen LogP contribution is 2.29.